The number of amides is 1. The zero-order valence-corrected chi connectivity index (χ0v) is 16.3. The topological polar surface area (TPSA) is 50.2 Å². The average molecular weight is 354 g/mol. The van der Waals surface area contributed by atoms with Crippen LogP contribution in [0.5, 0.6) is 0 Å². The fraction of sp³-hybridized carbons (Fsp3) is 0.524. The van der Waals surface area contributed by atoms with E-state index in [4.69, 9.17) is 0 Å². The summed E-state index contributed by atoms with van der Waals surface area (Å²) in [5, 5.41) is 7.89. The molecule has 1 aliphatic rings. The van der Waals surface area contributed by atoms with Crippen LogP contribution in [0.2, 0.25) is 0 Å². The van der Waals surface area contributed by atoms with E-state index >= 15 is 0 Å². The molecule has 0 bridgehead atoms. The lowest BCUT2D eigenvalue weighted by atomic mass is 10.0. The van der Waals surface area contributed by atoms with Crippen molar-refractivity contribution in [3.63, 3.8) is 0 Å². The first-order chi connectivity index (χ1) is 12.4. The highest BCUT2D eigenvalue weighted by molar-refractivity contribution is 5.93. The maximum atomic E-state index is 12.8. The highest BCUT2D eigenvalue weighted by atomic mass is 16.2. The first-order valence-electron chi connectivity index (χ1n) is 9.64. The van der Waals surface area contributed by atoms with Gasteiger partial charge in [0.15, 0.2) is 0 Å². The van der Waals surface area contributed by atoms with Gasteiger partial charge in [-0.25, -0.2) is 0 Å². The maximum absolute atomic E-state index is 12.8. The Hall–Kier alpha value is -2.30. The number of hydrogen-bond donors (Lipinski definition) is 1. The van der Waals surface area contributed by atoms with Gasteiger partial charge in [0.05, 0.1) is 11.8 Å². The van der Waals surface area contributed by atoms with Crippen molar-refractivity contribution in [2.24, 2.45) is 0 Å². The molecule has 0 radical (unpaired) electrons. The normalized spacial score (nSPS) is 17.8. The van der Waals surface area contributed by atoms with Crippen LogP contribution in [0.3, 0.4) is 0 Å². The summed E-state index contributed by atoms with van der Waals surface area (Å²) in [5.41, 5.74) is 3.15. The van der Waals surface area contributed by atoms with Gasteiger partial charge < -0.3 is 10.2 Å². The summed E-state index contributed by atoms with van der Waals surface area (Å²) in [6.07, 6.45) is 5.64. The zero-order chi connectivity index (χ0) is 18.7. The quantitative estimate of drug-likeness (QED) is 0.871. The summed E-state index contributed by atoms with van der Waals surface area (Å²) in [7, 11) is 0. The molecule has 2 aromatic rings. The fourth-order valence-corrected chi connectivity index (χ4v) is 3.39. The Morgan fingerprint density at radius 3 is 2.54 bits per heavy atom. The predicted octanol–water partition coefficient (Wildman–Crippen LogP) is 4.30. The number of nitrogens with one attached hydrogen (secondary N) is 1. The molecule has 26 heavy (non-hydrogen) atoms. The van der Waals surface area contributed by atoms with Crippen molar-refractivity contribution in [2.75, 3.05) is 18.4 Å². The average Bonchev–Trinajstić information content (AvgIpc) is 3.12. The molecule has 1 atom stereocenters. The summed E-state index contributed by atoms with van der Waals surface area (Å²) in [5.74, 6) is 0.622. The summed E-state index contributed by atoms with van der Waals surface area (Å²) in [4.78, 5) is 14.7. The monoisotopic (exact) mass is 354 g/mol. The van der Waals surface area contributed by atoms with Gasteiger partial charge in [-0.05, 0) is 50.3 Å². The third-order valence-corrected chi connectivity index (χ3v) is 5.03. The van der Waals surface area contributed by atoms with Gasteiger partial charge in [0.2, 0.25) is 0 Å². The molecule has 1 aliphatic heterocycles. The summed E-state index contributed by atoms with van der Waals surface area (Å²) in [6, 6.07) is 9.20. The number of rotatable bonds is 5. The van der Waals surface area contributed by atoms with Gasteiger partial charge in [-0.2, -0.15) is 5.10 Å². The third-order valence-electron chi connectivity index (χ3n) is 5.03. The van der Waals surface area contributed by atoms with Gasteiger partial charge in [0, 0.05) is 37.1 Å². The highest BCUT2D eigenvalue weighted by Gasteiger charge is 2.25. The Bertz CT molecular complexity index is 733. The molecule has 0 aliphatic carbocycles. The van der Waals surface area contributed by atoms with Crippen LogP contribution in [-0.2, 0) is 0 Å². The number of carbonyl (C=O) groups is 1. The van der Waals surface area contributed by atoms with Crippen LogP contribution in [0.4, 0.5) is 5.69 Å². The number of anilines is 1. The van der Waals surface area contributed by atoms with E-state index in [-0.39, 0.29) is 18.0 Å². The van der Waals surface area contributed by atoms with E-state index in [2.05, 4.69) is 62.4 Å². The van der Waals surface area contributed by atoms with Gasteiger partial charge in [0.1, 0.15) is 0 Å². The number of carbonyl (C=O) groups excluding carboxylic acids is 1. The molecule has 140 valence electrons. The highest BCUT2D eigenvalue weighted by Crippen LogP contribution is 2.21. The molecule has 1 aromatic heterocycles. The van der Waals surface area contributed by atoms with E-state index in [0.717, 1.165) is 31.6 Å². The Kier molecular flexibility index (Phi) is 5.64. The molecule has 0 unspecified atom stereocenters. The molecule has 5 heteroatoms. The van der Waals surface area contributed by atoms with Crippen molar-refractivity contribution >= 4 is 11.6 Å². The van der Waals surface area contributed by atoms with Crippen LogP contribution < -0.4 is 5.32 Å². The maximum Gasteiger partial charge on any atom is 0.257 e. The number of hydrogen-bond acceptors (Lipinski definition) is 3. The minimum Gasteiger partial charge on any atom is -0.381 e. The molecule has 1 saturated heterocycles. The lowest BCUT2D eigenvalue weighted by molar-refractivity contribution is 0.0714. The molecule has 1 fully saturated rings. The van der Waals surface area contributed by atoms with E-state index in [1.54, 1.807) is 6.20 Å². The molecule has 0 spiro atoms. The van der Waals surface area contributed by atoms with Crippen LogP contribution >= 0.6 is 0 Å². The zero-order valence-electron chi connectivity index (χ0n) is 16.3. The van der Waals surface area contributed by atoms with E-state index in [1.165, 1.54) is 5.56 Å². The molecule has 1 aromatic carbocycles. The number of nitrogens with zero attached hydrogens (tertiary/aromatic N) is 3. The molecular formula is C21H30N4O. The van der Waals surface area contributed by atoms with Crippen molar-refractivity contribution in [3.05, 3.63) is 47.8 Å². The van der Waals surface area contributed by atoms with E-state index in [0.29, 0.717) is 11.5 Å². The molecule has 5 nitrogen and oxygen atoms in total. The Morgan fingerprint density at radius 2 is 1.92 bits per heavy atom. The largest absolute Gasteiger partial charge is 0.381 e. The SMILES string of the molecule is CC(C)c1ccc(N[C@H]2CCCN(C(=O)c3cnn(C(C)C)c3)C2)cc1. The summed E-state index contributed by atoms with van der Waals surface area (Å²) >= 11 is 0. The third kappa shape index (κ3) is 4.26. The van der Waals surface area contributed by atoms with Crippen molar-refractivity contribution in [1.82, 2.24) is 14.7 Å². The van der Waals surface area contributed by atoms with Crippen molar-refractivity contribution in [2.45, 2.75) is 58.5 Å². The van der Waals surface area contributed by atoms with Crippen LogP contribution in [0.25, 0.3) is 0 Å². The van der Waals surface area contributed by atoms with Crippen molar-refractivity contribution in [3.8, 4) is 0 Å². The smallest absolute Gasteiger partial charge is 0.257 e. The minimum atomic E-state index is 0.0820. The first kappa shape index (κ1) is 18.5. The fourth-order valence-electron chi connectivity index (χ4n) is 3.39. The second kappa shape index (κ2) is 7.94. The molecule has 1 amide bonds. The summed E-state index contributed by atoms with van der Waals surface area (Å²) in [6.45, 7) is 10.1. The predicted molar refractivity (Wildman–Crippen MR) is 106 cm³/mol. The van der Waals surface area contributed by atoms with Gasteiger partial charge >= 0.3 is 0 Å². The Labute approximate surface area is 156 Å². The van der Waals surface area contributed by atoms with E-state index in [9.17, 15) is 4.79 Å². The molecule has 1 N–H and O–H groups in total. The Morgan fingerprint density at radius 1 is 1.19 bits per heavy atom. The number of aromatic nitrogens is 2. The number of likely N-dealkylation sites (tertiary alicyclic amines) is 1. The second-order valence-corrected chi connectivity index (χ2v) is 7.81. The van der Waals surface area contributed by atoms with E-state index in [1.807, 2.05) is 15.8 Å². The van der Waals surface area contributed by atoms with Gasteiger partial charge in [0.25, 0.3) is 5.91 Å². The van der Waals surface area contributed by atoms with Crippen molar-refractivity contribution < 1.29 is 4.79 Å². The lowest BCUT2D eigenvalue weighted by Crippen LogP contribution is -2.45. The number of piperidine rings is 1. The minimum absolute atomic E-state index is 0.0820. The van der Waals surface area contributed by atoms with Crippen molar-refractivity contribution in [1.29, 1.82) is 0 Å². The molecule has 2 heterocycles. The lowest BCUT2D eigenvalue weighted by Gasteiger charge is -2.33. The van der Waals surface area contributed by atoms with Gasteiger partial charge in [-0.3, -0.25) is 9.48 Å². The molecule has 3 rings (SSSR count). The Balaban J connectivity index is 1.62. The van der Waals surface area contributed by atoms with Crippen LogP contribution in [0.1, 0.15) is 68.4 Å². The first-order valence-corrected chi connectivity index (χ1v) is 9.64. The number of benzene rings is 1. The van der Waals surface area contributed by atoms with Gasteiger partial charge in [-0.1, -0.05) is 26.0 Å². The second-order valence-electron chi connectivity index (χ2n) is 7.81. The molecular weight excluding hydrogens is 324 g/mol. The van der Waals surface area contributed by atoms with E-state index < -0.39 is 0 Å². The summed E-state index contributed by atoms with van der Waals surface area (Å²) < 4.78 is 1.84. The molecule has 0 saturated carbocycles. The standard InChI is InChI=1S/C21H30N4O/c1-15(2)17-7-9-19(10-8-17)23-20-6-5-11-24(14-20)21(26)18-12-22-25(13-18)16(3)4/h7-10,12-13,15-16,20,23H,5-6,11,14H2,1-4H3/t20-/m0/s1. The van der Waals surface area contributed by atoms with Crippen LogP contribution in [-0.4, -0.2) is 39.7 Å². The van der Waals surface area contributed by atoms with Gasteiger partial charge in [-0.15, -0.1) is 0 Å². The van der Waals surface area contributed by atoms with Crippen LogP contribution in [0.15, 0.2) is 36.7 Å². The van der Waals surface area contributed by atoms with Crippen LogP contribution in [0, 0.1) is 0 Å².